The highest BCUT2D eigenvalue weighted by Crippen LogP contribution is 2.27. The number of ether oxygens (including phenoxy) is 2. The Labute approximate surface area is 232 Å². The number of unbranched alkanes of at least 4 members (excludes halogenated alkanes) is 1. The molecule has 6 nitrogen and oxygen atoms in total. The first-order chi connectivity index (χ1) is 16.7. The van der Waals surface area contributed by atoms with Crippen LogP contribution in [0.25, 0.3) is 0 Å². The summed E-state index contributed by atoms with van der Waals surface area (Å²) in [6.07, 6.45) is 6.49. The molecule has 0 atom stereocenters. The van der Waals surface area contributed by atoms with Crippen molar-refractivity contribution < 1.29 is 27.3 Å². The van der Waals surface area contributed by atoms with Crippen molar-refractivity contribution in [2.75, 3.05) is 13.2 Å². The van der Waals surface area contributed by atoms with Crippen LogP contribution in [0.3, 0.4) is 0 Å². The Balaban J connectivity index is 0. The summed E-state index contributed by atoms with van der Waals surface area (Å²) in [4.78, 5) is 23.2. The van der Waals surface area contributed by atoms with Crippen LogP contribution in [0.4, 0.5) is 0 Å². The van der Waals surface area contributed by atoms with Gasteiger partial charge in [0.2, 0.25) is 0 Å². The molecule has 9 heteroatoms. The summed E-state index contributed by atoms with van der Waals surface area (Å²) < 4.78 is 23.5. The molecule has 0 unspecified atom stereocenters. The van der Waals surface area contributed by atoms with E-state index in [0.717, 1.165) is 25.3 Å². The van der Waals surface area contributed by atoms with Gasteiger partial charge >= 0.3 is 20.5 Å². The Morgan fingerprint density at radius 2 is 1.14 bits per heavy atom. The predicted molar refractivity (Wildman–Crippen MR) is 164 cm³/mol. The highest BCUT2D eigenvalue weighted by atomic mass is 28.5. The number of esters is 2. The molecule has 0 saturated carbocycles. The molecule has 0 spiro atoms. The van der Waals surface area contributed by atoms with Gasteiger partial charge in [0.05, 0.1) is 17.4 Å². The van der Waals surface area contributed by atoms with E-state index in [1.165, 1.54) is 18.9 Å². The van der Waals surface area contributed by atoms with Crippen LogP contribution in [0.15, 0.2) is 12.7 Å². The van der Waals surface area contributed by atoms with Gasteiger partial charge in [0.1, 0.15) is 6.61 Å². The number of hydrogen-bond acceptors (Lipinski definition) is 6. The molecule has 0 heterocycles. The molecular weight excluding hydrogens is 517 g/mol. The van der Waals surface area contributed by atoms with Gasteiger partial charge in [-0.2, -0.15) is 0 Å². The van der Waals surface area contributed by atoms with Crippen molar-refractivity contribution in [3.8, 4) is 0 Å². The minimum Gasteiger partial charge on any atom is -0.465 e. The molecule has 0 aromatic carbocycles. The van der Waals surface area contributed by atoms with Gasteiger partial charge in [0, 0.05) is 0 Å². The van der Waals surface area contributed by atoms with Crippen molar-refractivity contribution in [3.05, 3.63) is 12.7 Å². The lowest BCUT2D eigenvalue weighted by molar-refractivity contribution is -0.154. The number of carbonyl (C=O) groups is 2. The Morgan fingerprint density at radius 1 is 0.730 bits per heavy atom. The molecule has 0 aliphatic heterocycles. The summed E-state index contributed by atoms with van der Waals surface area (Å²) in [5, 5.41) is 0. The van der Waals surface area contributed by atoms with Gasteiger partial charge in [-0.05, 0) is 98.3 Å². The van der Waals surface area contributed by atoms with E-state index in [2.05, 4.69) is 52.8 Å². The highest BCUT2D eigenvalue weighted by molar-refractivity contribution is 6.87. The van der Waals surface area contributed by atoms with Gasteiger partial charge in [-0.1, -0.05) is 46.3 Å². The minimum atomic E-state index is -2.13. The van der Waals surface area contributed by atoms with E-state index in [1.54, 1.807) is 6.08 Å². The van der Waals surface area contributed by atoms with Crippen molar-refractivity contribution in [1.29, 1.82) is 0 Å². The Hall–Kier alpha value is -0.749. The van der Waals surface area contributed by atoms with E-state index in [1.807, 2.05) is 41.5 Å². The smallest absolute Gasteiger partial charge is 0.311 e. The largest absolute Gasteiger partial charge is 0.465 e. The van der Waals surface area contributed by atoms with E-state index in [4.69, 9.17) is 17.7 Å². The van der Waals surface area contributed by atoms with E-state index in [0.29, 0.717) is 13.2 Å². The molecule has 0 aliphatic carbocycles. The van der Waals surface area contributed by atoms with Gasteiger partial charge in [-0.3, -0.25) is 9.59 Å². The summed E-state index contributed by atoms with van der Waals surface area (Å²) in [5.41, 5.74) is -0.746. The summed E-state index contributed by atoms with van der Waals surface area (Å²) >= 11 is 0. The third-order valence-corrected chi connectivity index (χ3v) is 18.0. The zero-order chi connectivity index (χ0) is 29.6. The summed E-state index contributed by atoms with van der Waals surface area (Å²) in [6, 6.07) is 2.19. The van der Waals surface area contributed by atoms with Gasteiger partial charge in [-0.25, -0.2) is 0 Å². The first-order valence-corrected chi connectivity index (χ1v) is 23.1. The average molecular weight is 577 g/mol. The quantitative estimate of drug-likeness (QED) is 0.0748. The maximum absolute atomic E-state index is 12.0. The van der Waals surface area contributed by atoms with Crippen LogP contribution in [0.2, 0.25) is 51.4 Å². The first kappa shape index (κ1) is 38.4. The Morgan fingerprint density at radius 3 is 1.51 bits per heavy atom. The SMILES string of the molecule is C=CCOC(=O)C(C)(C)CC.CCCC[Si](C)(C)O[Si](C)(C)O[Si](C)(C)CCCOC(=O)C(C)(C)CC. The van der Waals surface area contributed by atoms with E-state index < -0.39 is 25.2 Å². The van der Waals surface area contributed by atoms with Crippen molar-refractivity contribution >= 4 is 37.1 Å². The maximum atomic E-state index is 12.0. The number of hydrogen-bond donors (Lipinski definition) is 0. The van der Waals surface area contributed by atoms with Crippen LogP contribution in [0.1, 0.15) is 80.6 Å². The normalized spacial score (nSPS) is 12.9. The molecule has 0 rings (SSSR count). The second-order valence-electron chi connectivity index (χ2n) is 12.8. The zero-order valence-corrected chi connectivity index (χ0v) is 29.6. The van der Waals surface area contributed by atoms with Crippen LogP contribution >= 0.6 is 0 Å². The van der Waals surface area contributed by atoms with Crippen molar-refractivity contribution in [3.63, 3.8) is 0 Å². The first-order valence-electron chi connectivity index (χ1n) is 14.1. The van der Waals surface area contributed by atoms with Gasteiger partial charge in [0.15, 0.2) is 16.6 Å². The molecule has 0 aromatic rings. The highest BCUT2D eigenvalue weighted by Gasteiger charge is 2.39. The zero-order valence-electron chi connectivity index (χ0n) is 26.6. The molecule has 0 N–H and O–H groups in total. The Kier molecular flexibility index (Phi) is 17.7. The number of carbonyl (C=O) groups excluding carboxylic acids is 2. The third kappa shape index (κ3) is 18.2. The maximum Gasteiger partial charge on any atom is 0.311 e. The van der Waals surface area contributed by atoms with Crippen LogP contribution in [0.5, 0.6) is 0 Å². The molecule has 0 saturated heterocycles. The van der Waals surface area contributed by atoms with E-state index >= 15 is 0 Å². The molecule has 0 aliphatic rings. The molecule has 0 amide bonds. The molecule has 0 aromatic heterocycles. The lowest BCUT2D eigenvalue weighted by Crippen LogP contribution is -2.52. The molecule has 0 radical (unpaired) electrons. The fourth-order valence-corrected chi connectivity index (χ4v) is 17.7. The van der Waals surface area contributed by atoms with Crippen molar-refractivity contribution in [1.82, 2.24) is 0 Å². The van der Waals surface area contributed by atoms with Crippen LogP contribution in [-0.4, -0.2) is 50.3 Å². The van der Waals surface area contributed by atoms with Crippen molar-refractivity contribution in [2.24, 2.45) is 10.8 Å². The number of rotatable bonds is 17. The van der Waals surface area contributed by atoms with Crippen LogP contribution in [0, 0.1) is 10.8 Å². The summed E-state index contributed by atoms with van der Waals surface area (Å²) in [7, 11) is -5.60. The minimum absolute atomic E-state index is 0.0953. The molecular formula is C28H60O6Si3. The summed E-state index contributed by atoms with van der Waals surface area (Å²) in [5.74, 6) is -0.248. The topological polar surface area (TPSA) is 71.1 Å². The fourth-order valence-electron chi connectivity index (χ4n) is 3.53. The lowest BCUT2D eigenvalue weighted by Gasteiger charge is -2.38. The van der Waals surface area contributed by atoms with Crippen molar-refractivity contribution in [2.45, 2.75) is 132 Å². The molecule has 0 fully saturated rings. The standard InChI is InChI=1S/C19H44O4Si3.C9H16O2/c1-11-13-16-24(5,6)22-26(9,10)23-25(7,8)17-14-15-21-18(20)19(3,4)12-2;1-5-7-11-8(10)9(3,4)6-2/h11-17H2,1-10H3;5H,1,6-7H2,2-4H3. The third-order valence-electron chi connectivity index (χ3n) is 6.54. The monoisotopic (exact) mass is 576 g/mol. The van der Waals surface area contributed by atoms with E-state index in [-0.39, 0.29) is 22.8 Å². The van der Waals surface area contributed by atoms with Crippen LogP contribution < -0.4 is 0 Å². The van der Waals surface area contributed by atoms with Crippen LogP contribution in [-0.2, 0) is 27.3 Å². The second-order valence-corrected chi connectivity index (χ2v) is 25.3. The Bertz CT molecular complexity index is 687. The fraction of sp³-hybridized carbons (Fsp3) is 0.857. The van der Waals surface area contributed by atoms with E-state index in [9.17, 15) is 9.59 Å². The van der Waals surface area contributed by atoms with Gasteiger partial charge < -0.3 is 17.7 Å². The molecule has 220 valence electrons. The predicted octanol–water partition coefficient (Wildman–Crippen LogP) is 8.45. The summed E-state index contributed by atoms with van der Waals surface area (Å²) in [6.45, 7) is 31.6. The van der Waals surface area contributed by atoms with Gasteiger partial charge in [-0.15, -0.1) is 0 Å². The second kappa shape index (κ2) is 17.0. The van der Waals surface area contributed by atoms with Gasteiger partial charge in [0.25, 0.3) is 0 Å². The molecule has 0 bridgehead atoms. The average Bonchev–Trinajstić information content (AvgIpc) is 2.77. The lowest BCUT2D eigenvalue weighted by atomic mass is 9.91. The molecule has 37 heavy (non-hydrogen) atoms.